The molecule has 1 aromatic rings. The standard InChI is InChI=1S/C12H16N2O3/c1-8-5-14(6-9(8)7-15)11-10(12(16)17)3-2-4-13-11/h2-4,8-9,15H,5-7H2,1H3,(H,16,17)/t8-,9-/m1/s1. The number of carboxylic acids is 1. The highest BCUT2D eigenvalue weighted by Gasteiger charge is 2.31. The summed E-state index contributed by atoms with van der Waals surface area (Å²) in [6.45, 7) is 3.59. The Kier molecular flexibility index (Phi) is 3.28. The average molecular weight is 236 g/mol. The van der Waals surface area contributed by atoms with Crippen LogP contribution in [0.3, 0.4) is 0 Å². The number of hydrogen-bond acceptors (Lipinski definition) is 4. The van der Waals surface area contributed by atoms with Gasteiger partial charge in [0.1, 0.15) is 11.4 Å². The fourth-order valence-electron chi connectivity index (χ4n) is 2.26. The zero-order valence-electron chi connectivity index (χ0n) is 9.71. The first kappa shape index (κ1) is 11.9. The van der Waals surface area contributed by atoms with Crippen molar-refractivity contribution in [3.63, 3.8) is 0 Å². The van der Waals surface area contributed by atoms with E-state index in [2.05, 4.69) is 11.9 Å². The summed E-state index contributed by atoms with van der Waals surface area (Å²) < 4.78 is 0. The minimum Gasteiger partial charge on any atom is -0.478 e. The maximum atomic E-state index is 11.1. The van der Waals surface area contributed by atoms with E-state index in [0.29, 0.717) is 18.3 Å². The van der Waals surface area contributed by atoms with Crippen LogP contribution in [0.15, 0.2) is 18.3 Å². The summed E-state index contributed by atoms with van der Waals surface area (Å²) in [6, 6.07) is 3.18. The smallest absolute Gasteiger partial charge is 0.339 e. The third-order valence-corrected chi connectivity index (χ3v) is 3.32. The molecule has 2 rings (SSSR count). The highest BCUT2D eigenvalue weighted by molar-refractivity contribution is 5.93. The first-order valence-corrected chi connectivity index (χ1v) is 5.67. The van der Waals surface area contributed by atoms with Gasteiger partial charge in [0, 0.05) is 31.8 Å². The second-order valence-electron chi connectivity index (χ2n) is 4.50. The number of carboxylic acid groups (broad SMARTS) is 1. The number of pyridine rings is 1. The molecule has 0 aliphatic carbocycles. The van der Waals surface area contributed by atoms with Gasteiger partial charge in [-0.05, 0) is 18.1 Å². The van der Waals surface area contributed by atoms with Crippen LogP contribution in [0.2, 0.25) is 0 Å². The van der Waals surface area contributed by atoms with E-state index in [-0.39, 0.29) is 18.1 Å². The molecule has 17 heavy (non-hydrogen) atoms. The fraction of sp³-hybridized carbons (Fsp3) is 0.500. The molecular formula is C12H16N2O3. The van der Waals surface area contributed by atoms with Gasteiger partial charge in [-0.15, -0.1) is 0 Å². The Hall–Kier alpha value is -1.62. The SMILES string of the molecule is C[C@@H]1CN(c2ncccc2C(=O)O)C[C@@H]1CO. The number of aromatic carboxylic acids is 1. The summed E-state index contributed by atoms with van der Waals surface area (Å²) in [6.07, 6.45) is 1.60. The predicted octanol–water partition coefficient (Wildman–Crippen LogP) is 0.844. The van der Waals surface area contributed by atoms with E-state index < -0.39 is 5.97 Å². The lowest BCUT2D eigenvalue weighted by Crippen LogP contribution is -2.24. The highest BCUT2D eigenvalue weighted by atomic mass is 16.4. The molecule has 0 spiro atoms. The predicted molar refractivity (Wildman–Crippen MR) is 63.1 cm³/mol. The largest absolute Gasteiger partial charge is 0.478 e. The van der Waals surface area contributed by atoms with Crippen LogP contribution < -0.4 is 4.90 Å². The second-order valence-corrected chi connectivity index (χ2v) is 4.50. The van der Waals surface area contributed by atoms with E-state index in [9.17, 15) is 9.90 Å². The first-order valence-electron chi connectivity index (χ1n) is 5.67. The Labute approximate surface area is 99.7 Å². The summed E-state index contributed by atoms with van der Waals surface area (Å²) in [5.41, 5.74) is 0.221. The lowest BCUT2D eigenvalue weighted by atomic mass is 10.00. The van der Waals surface area contributed by atoms with Gasteiger partial charge in [0.2, 0.25) is 0 Å². The van der Waals surface area contributed by atoms with E-state index >= 15 is 0 Å². The summed E-state index contributed by atoms with van der Waals surface area (Å²) in [5, 5.41) is 18.3. The Bertz CT molecular complexity index is 422. The molecule has 92 valence electrons. The molecule has 1 aliphatic rings. The molecule has 0 amide bonds. The molecule has 1 aromatic heterocycles. The van der Waals surface area contributed by atoms with Crippen molar-refractivity contribution >= 4 is 11.8 Å². The number of rotatable bonds is 3. The van der Waals surface area contributed by atoms with E-state index in [4.69, 9.17) is 5.11 Å². The quantitative estimate of drug-likeness (QED) is 0.813. The van der Waals surface area contributed by atoms with Crippen molar-refractivity contribution in [3.8, 4) is 0 Å². The number of aromatic nitrogens is 1. The summed E-state index contributed by atoms with van der Waals surface area (Å²) in [7, 11) is 0. The molecule has 5 nitrogen and oxygen atoms in total. The maximum Gasteiger partial charge on any atom is 0.339 e. The number of hydrogen-bond donors (Lipinski definition) is 2. The zero-order chi connectivity index (χ0) is 12.4. The summed E-state index contributed by atoms with van der Waals surface area (Å²) in [4.78, 5) is 17.2. The van der Waals surface area contributed by atoms with Crippen LogP contribution in [0.5, 0.6) is 0 Å². The van der Waals surface area contributed by atoms with Crippen molar-refractivity contribution in [1.82, 2.24) is 4.98 Å². The molecule has 0 unspecified atom stereocenters. The fourth-order valence-corrected chi connectivity index (χ4v) is 2.26. The molecule has 0 saturated carbocycles. The monoisotopic (exact) mass is 236 g/mol. The van der Waals surface area contributed by atoms with Crippen LogP contribution in [-0.4, -0.2) is 40.9 Å². The van der Waals surface area contributed by atoms with Crippen molar-refractivity contribution in [2.45, 2.75) is 6.92 Å². The van der Waals surface area contributed by atoms with Gasteiger partial charge >= 0.3 is 5.97 Å². The maximum absolute atomic E-state index is 11.1. The van der Waals surface area contributed by atoms with E-state index in [1.54, 1.807) is 18.3 Å². The molecule has 2 heterocycles. The third kappa shape index (κ3) is 2.24. The Morgan fingerprint density at radius 3 is 2.94 bits per heavy atom. The zero-order valence-corrected chi connectivity index (χ0v) is 9.71. The average Bonchev–Trinajstić information content (AvgIpc) is 2.70. The van der Waals surface area contributed by atoms with Crippen LogP contribution in [0.25, 0.3) is 0 Å². The first-order chi connectivity index (χ1) is 8.13. The number of aliphatic hydroxyl groups excluding tert-OH is 1. The van der Waals surface area contributed by atoms with E-state index in [0.717, 1.165) is 6.54 Å². The van der Waals surface area contributed by atoms with Gasteiger partial charge < -0.3 is 15.1 Å². The van der Waals surface area contributed by atoms with Crippen LogP contribution >= 0.6 is 0 Å². The van der Waals surface area contributed by atoms with Gasteiger partial charge in [-0.25, -0.2) is 9.78 Å². The molecule has 1 fully saturated rings. The molecule has 2 atom stereocenters. The Morgan fingerprint density at radius 1 is 1.59 bits per heavy atom. The van der Waals surface area contributed by atoms with Crippen LogP contribution in [0, 0.1) is 11.8 Å². The van der Waals surface area contributed by atoms with Gasteiger partial charge in [-0.2, -0.15) is 0 Å². The van der Waals surface area contributed by atoms with Gasteiger partial charge in [0.15, 0.2) is 0 Å². The number of anilines is 1. The lowest BCUT2D eigenvalue weighted by Gasteiger charge is -2.18. The van der Waals surface area contributed by atoms with Crippen molar-refractivity contribution in [2.75, 3.05) is 24.6 Å². The molecular weight excluding hydrogens is 220 g/mol. The molecule has 0 bridgehead atoms. The van der Waals surface area contributed by atoms with Gasteiger partial charge in [0.25, 0.3) is 0 Å². The molecule has 1 aliphatic heterocycles. The molecule has 5 heteroatoms. The third-order valence-electron chi connectivity index (χ3n) is 3.32. The molecule has 2 N–H and O–H groups in total. The van der Waals surface area contributed by atoms with E-state index in [1.165, 1.54) is 0 Å². The van der Waals surface area contributed by atoms with Crippen molar-refractivity contribution in [1.29, 1.82) is 0 Å². The highest BCUT2D eigenvalue weighted by Crippen LogP contribution is 2.28. The van der Waals surface area contributed by atoms with Crippen LogP contribution in [-0.2, 0) is 0 Å². The van der Waals surface area contributed by atoms with Crippen molar-refractivity contribution < 1.29 is 15.0 Å². The Balaban J connectivity index is 2.27. The summed E-state index contributed by atoms with van der Waals surface area (Å²) >= 11 is 0. The van der Waals surface area contributed by atoms with E-state index in [1.807, 2.05) is 4.90 Å². The van der Waals surface area contributed by atoms with Crippen molar-refractivity contribution in [2.24, 2.45) is 11.8 Å². The minimum absolute atomic E-state index is 0.132. The van der Waals surface area contributed by atoms with Crippen LogP contribution in [0.4, 0.5) is 5.82 Å². The van der Waals surface area contributed by atoms with Gasteiger partial charge in [-0.1, -0.05) is 6.92 Å². The van der Waals surface area contributed by atoms with Gasteiger partial charge in [-0.3, -0.25) is 0 Å². The number of carbonyl (C=O) groups is 1. The number of nitrogens with zero attached hydrogens (tertiary/aromatic N) is 2. The minimum atomic E-state index is -0.965. The van der Waals surface area contributed by atoms with Crippen LogP contribution in [0.1, 0.15) is 17.3 Å². The van der Waals surface area contributed by atoms with Crippen molar-refractivity contribution in [3.05, 3.63) is 23.9 Å². The molecule has 0 aromatic carbocycles. The molecule has 0 radical (unpaired) electrons. The normalized spacial score (nSPS) is 24.0. The molecule has 1 saturated heterocycles. The lowest BCUT2D eigenvalue weighted by molar-refractivity contribution is 0.0697. The Morgan fingerprint density at radius 2 is 2.35 bits per heavy atom. The second kappa shape index (κ2) is 4.71. The van der Waals surface area contributed by atoms with Gasteiger partial charge in [0.05, 0.1) is 0 Å². The topological polar surface area (TPSA) is 73.7 Å². The summed E-state index contributed by atoms with van der Waals surface area (Å²) in [5.74, 6) is 0.0818. The number of aliphatic hydroxyl groups is 1.